The number of aromatic nitrogens is 4. The zero-order chi connectivity index (χ0) is 25.4. The fourth-order valence-electron chi connectivity index (χ4n) is 4.20. The molecule has 184 valence electrons. The molecule has 0 unspecified atom stereocenters. The van der Waals surface area contributed by atoms with E-state index in [0.717, 1.165) is 17.7 Å². The number of hydrogen-bond acceptors (Lipinski definition) is 4. The van der Waals surface area contributed by atoms with Gasteiger partial charge in [0, 0.05) is 24.8 Å². The number of rotatable bonds is 5. The van der Waals surface area contributed by atoms with E-state index in [2.05, 4.69) is 15.2 Å². The lowest BCUT2D eigenvalue weighted by molar-refractivity contribution is -0.137. The lowest BCUT2D eigenvalue weighted by atomic mass is 10.0. The van der Waals surface area contributed by atoms with Crippen molar-refractivity contribution in [1.29, 1.82) is 0 Å². The van der Waals surface area contributed by atoms with Crippen molar-refractivity contribution in [3.8, 4) is 22.6 Å². The Morgan fingerprint density at radius 1 is 0.889 bits per heavy atom. The number of urea groups is 1. The quantitative estimate of drug-likeness (QED) is 0.340. The third kappa shape index (κ3) is 4.41. The van der Waals surface area contributed by atoms with E-state index in [0.29, 0.717) is 41.7 Å². The van der Waals surface area contributed by atoms with Gasteiger partial charge in [0.2, 0.25) is 0 Å². The first-order valence-corrected chi connectivity index (χ1v) is 11.5. The number of anilines is 2. The first-order chi connectivity index (χ1) is 17.2. The highest BCUT2D eigenvalue weighted by atomic mass is 19.4. The minimum absolute atomic E-state index is 0.154. The predicted molar refractivity (Wildman–Crippen MR) is 131 cm³/mol. The van der Waals surface area contributed by atoms with Gasteiger partial charge >= 0.3 is 12.2 Å². The van der Waals surface area contributed by atoms with Gasteiger partial charge in [-0.2, -0.15) is 13.2 Å². The van der Waals surface area contributed by atoms with Gasteiger partial charge in [0.25, 0.3) is 0 Å². The first-order valence-electron chi connectivity index (χ1n) is 11.5. The second-order valence-electron chi connectivity index (χ2n) is 8.75. The van der Waals surface area contributed by atoms with Crippen LogP contribution in [0.1, 0.15) is 25.5 Å². The maximum atomic E-state index is 13.3. The Morgan fingerprint density at radius 3 is 2.33 bits per heavy atom. The zero-order valence-corrected chi connectivity index (χ0v) is 19.6. The van der Waals surface area contributed by atoms with Crippen molar-refractivity contribution in [3.63, 3.8) is 0 Å². The SMILES string of the molecule is CC(C)n1cnnc1-c1cccc(N2CCN(c3cccc(-c4ccc(C(F)(F)F)cc4)c3)C2=O)n1. The minimum atomic E-state index is -4.39. The smallest absolute Gasteiger partial charge is 0.310 e. The maximum absolute atomic E-state index is 13.3. The van der Waals surface area contributed by atoms with Crippen molar-refractivity contribution >= 4 is 17.5 Å². The fourth-order valence-corrected chi connectivity index (χ4v) is 4.20. The van der Waals surface area contributed by atoms with Gasteiger partial charge in [-0.1, -0.05) is 30.3 Å². The van der Waals surface area contributed by atoms with Crippen LogP contribution in [-0.2, 0) is 6.18 Å². The molecular weight excluding hydrogens is 469 g/mol. The van der Waals surface area contributed by atoms with Crippen LogP contribution in [0.5, 0.6) is 0 Å². The molecule has 0 atom stereocenters. The molecular formula is C26H23F3N6O. The number of nitrogens with zero attached hydrogens (tertiary/aromatic N) is 6. The Balaban J connectivity index is 1.38. The average Bonchev–Trinajstić information content (AvgIpc) is 3.51. The van der Waals surface area contributed by atoms with Crippen molar-refractivity contribution in [2.24, 2.45) is 0 Å². The van der Waals surface area contributed by atoms with Gasteiger partial charge in [0.05, 0.1) is 5.56 Å². The highest BCUT2D eigenvalue weighted by molar-refractivity contribution is 6.05. The topological polar surface area (TPSA) is 67.2 Å². The van der Waals surface area contributed by atoms with Crippen LogP contribution >= 0.6 is 0 Å². The minimum Gasteiger partial charge on any atom is -0.310 e. The molecule has 0 bridgehead atoms. The van der Waals surface area contributed by atoms with E-state index in [1.165, 1.54) is 12.1 Å². The van der Waals surface area contributed by atoms with Crippen molar-refractivity contribution in [1.82, 2.24) is 19.7 Å². The number of amides is 2. The van der Waals surface area contributed by atoms with Crippen LogP contribution in [-0.4, -0.2) is 38.9 Å². The molecule has 1 saturated heterocycles. The lowest BCUT2D eigenvalue weighted by Crippen LogP contribution is -2.32. The summed E-state index contributed by atoms with van der Waals surface area (Å²) in [6.07, 6.45) is -2.73. The summed E-state index contributed by atoms with van der Waals surface area (Å²) in [7, 11) is 0. The number of benzene rings is 2. The number of carbonyl (C=O) groups is 1. The Morgan fingerprint density at radius 2 is 1.61 bits per heavy atom. The molecule has 0 saturated carbocycles. The molecule has 2 aromatic carbocycles. The summed E-state index contributed by atoms with van der Waals surface area (Å²) < 4.78 is 40.6. The molecule has 10 heteroatoms. The van der Waals surface area contributed by atoms with Gasteiger partial charge in [0.1, 0.15) is 17.8 Å². The Labute approximate surface area is 205 Å². The maximum Gasteiger partial charge on any atom is 0.416 e. The molecule has 7 nitrogen and oxygen atoms in total. The van der Waals surface area contributed by atoms with E-state index >= 15 is 0 Å². The first kappa shape index (κ1) is 23.5. The Kier molecular flexibility index (Phi) is 5.95. The van der Waals surface area contributed by atoms with Gasteiger partial charge < -0.3 is 4.57 Å². The normalized spacial score (nSPS) is 14.2. The van der Waals surface area contributed by atoms with Crippen LogP contribution in [0.25, 0.3) is 22.6 Å². The zero-order valence-electron chi connectivity index (χ0n) is 19.6. The summed E-state index contributed by atoms with van der Waals surface area (Å²) >= 11 is 0. The molecule has 1 aliphatic rings. The molecule has 4 aromatic rings. The summed E-state index contributed by atoms with van der Waals surface area (Å²) in [6.45, 7) is 4.94. The molecule has 36 heavy (non-hydrogen) atoms. The van der Waals surface area contributed by atoms with E-state index in [-0.39, 0.29) is 12.1 Å². The number of halogens is 3. The van der Waals surface area contributed by atoms with E-state index in [1.807, 2.05) is 36.6 Å². The standard InChI is InChI=1S/C26H23F3N6O/c1-17(2)35-16-30-32-24(35)22-7-4-8-23(31-22)34-14-13-33(25(34)36)21-6-3-5-19(15-21)18-9-11-20(12-10-18)26(27,28)29/h3-12,15-17H,13-14H2,1-2H3. The van der Waals surface area contributed by atoms with Gasteiger partial charge in [-0.05, 0) is 61.4 Å². The van der Waals surface area contributed by atoms with Crippen molar-refractivity contribution in [2.75, 3.05) is 22.9 Å². The third-order valence-electron chi connectivity index (χ3n) is 6.08. The molecule has 2 amide bonds. The average molecular weight is 493 g/mol. The molecule has 1 aliphatic heterocycles. The van der Waals surface area contributed by atoms with Gasteiger partial charge in [-0.15, -0.1) is 10.2 Å². The fraction of sp³-hybridized carbons (Fsp3) is 0.231. The van der Waals surface area contributed by atoms with Gasteiger partial charge in [0.15, 0.2) is 5.82 Å². The van der Waals surface area contributed by atoms with Crippen LogP contribution in [0.15, 0.2) is 73.1 Å². The van der Waals surface area contributed by atoms with Crippen LogP contribution in [0.2, 0.25) is 0 Å². The van der Waals surface area contributed by atoms with Gasteiger partial charge in [-0.25, -0.2) is 9.78 Å². The number of alkyl halides is 3. The molecule has 2 aromatic heterocycles. The number of pyridine rings is 1. The van der Waals surface area contributed by atoms with Crippen LogP contribution in [0.4, 0.5) is 29.5 Å². The Bertz CT molecular complexity index is 1400. The summed E-state index contributed by atoms with van der Waals surface area (Å²) in [5.74, 6) is 1.14. The number of carbonyl (C=O) groups excluding carboxylic acids is 1. The van der Waals surface area contributed by atoms with Crippen LogP contribution in [0, 0.1) is 0 Å². The predicted octanol–water partition coefficient (Wildman–Crippen LogP) is 6.05. The highest BCUT2D eigenvalue weighted by Gasteiger charge is 2.32. The second kappa shape index (κ2) is 9.10. The summed E-state index contributed by atoms with van der Waals surface area (Å²) in [6, 6.07) is 17.6. The molecule has 0 N–H and O–H groups in total. The second-order valence-corrected chi connectivity index (χ2v) is 8.75. The van der Waals surface area contributed by atoms with Crippen LogP contribution in [0.3, 0.4) is 0 Å². The summed E-state index contributed by atoms with van der Waals surface area (Å²) in [4.78, 5) is 21.3. The van der Waals surface area contributed by atoms with Crippen molar-refractivity contribution in [2.45, 2.75) is 26.1 Å². The molecule has 5 rings (SSSR count). The number of hydrogen-bond donors (Lipinski definition) is 0. The van der Waals surface area contributed by atoms with E-state index in [4.69, 9.17) is 0 Å². The summed E-state index contributed by atoms with van der Waals surface area (Å²) in [5, 5.41) is 8.18. The van der Waals surface area contributed by atoms with E-state index in [9.17, 15) is 18.0 Å². The van der Waals surface area contributed by atoms with Crippen LogP contribution < -0.4 is 9.80 Å². The van der Waals surface area contributed by atoms with Crippen molar-refractivity contribution < 1.29 is 18.0 Å². The molecule has 0 radical (unpaired) electrons. The highest BCUT2D eigenvalue weighted by Crippen LogP contribution is 2.33. The molecule has 0 aliphatic carbocycles. The third-order valence-corrected chi connectivity index (χ3v) is 6.08. The molecule has 3 heterocycles. The largest absolute Gasteiger partial charge is 0.416 e. The van der Waals surface area contributed by atoms with Crippen molar-refractivity contribution in [3.05, 3.63) is 78.6 Å². The van der Waals surface area contributed by atoms with Gasteiger partial charge in [-0.3, -0.25) is 9.80 Å². The lowest BCUT2D eigenvalue weighted by Gasteiger charge is -2.19. The van der Waals surface area contributed by atoms with E-state index in [1.54, 1.807) is 40.4 Å². The monoisotopic (exact) mass is 492 g/mol. The molecule has 0 spiro atoms. The Hall–Kier alpha value is -4.21. The summed E-state index contributed by atoms with van der Waals surface area (Å²) in [5.41, 5.74) is 1.94. The van der Waals surface area contributed by atoms with E-state index < -0.39 is 11.7 Å². The molecule has 1 fully saturated rings.